The molecule has 70 valence electrons. The summed E-state index contributed by atoms with van der Waals surface area (Å²) in [6, 6.07) is 0. The molecule has 0 radical (unpaired) electrons. The van der Waals surface area contributed by atoms with Crippen molar-refractivity contribution in [3.8, 4) is 0 Å². The van der Waals surface area contributed by atoms with Gasteiger partial charge in [0.25, 0.3) is 0 Å². The Morgan fingerprint density at radius 1 is 1.36 bits per heavy atom. The Labute approximate surface area is 80.0 Å². The van der Waals surface area contributed by atoms with Crippen LogP contribution in [0.4, 0.5) is 0 Å². The Kier molecular flexibility index (Phi) is 9.26. The van der Waals surface area contributed by atoms with E-state index in [-0.39, 0.29) is 6.23 Å². The van der Waals surface area contributed by atoms with E-state index in [1.807, 2.05) is 0 Å². The van der Waals surface area contributed by atoms with Crippen LogP contribution in [0.3, 0.4) is 0 Å². The Morgan fingerprint density at radius 2 is 2.09 bits per heavy atom. The minimum atomic E-state index is -0.253. The van der Waals surface area contributed by atoms with Gasteiger partial charge in [-0.05, 0) is 0 Å². The summed E-state index contributed by atoms with van der Waals surface area (Å²) in [5.41, 5.74) is 0. The number of hydrogen-bond donors (Lipinski definition) is 2. The summed E-state index contributed by atoms with van der Waals surface area (Å²) in [5, 5.41) is 12.4. The molecule has 0 aromatic heterocycles. The molecule has 1 atom stereocenters. The summed E-state index contributed by atoms with van der Waals surface area (Å²) >= 11 is 0.309. The molecule has 0 aromatic rings. The van der Waals surface area contributed by atoms with Gasteiger partial charge in [-0.3, -0.25) is 0 Å². The van der Waals surface area contributed by atoms with Crippen LogP contribution in [0, 0.1) is 0 Å². The predicted octanol–water partition coefficient (Wildman–Crippen LogP) is -1.85. The van der Waals surface area contributed by atoms with Crippen LogP contribution in [0.5, 0.6) is 0 Å². The molecule has 0 heterocycles. The zero-order valence-corrected chi connectivity index (χ0v) is 9.60. The average molecular weight is 272 g/mol. The molecular formula is C8H19INO-. The molecule has 0 saturated carbocycles. The van der Waals surface area contributed by atoms with Gasteiger partial charge in [-0.25, -0.2) is 0 Å². The van der Waals surface area contributed by atoms with Crippen molar-refractivity contribution in [3.63, 3.8) is 0 Å². The maximum atomic E-state index is 9.25. The predicted molar refractivity (Wildman–Crippen MR) is 44.1 cm³/mol. The third-order valence-electron chi connectivity index (χ3n) is 1.29. The van der Waals surface area contributed by atoms with E-state index in [0.29, 0.717) is 21.2 Å². The second-order valence-electron chi connectivity index (χ2n) is 2.52. The number of alkyl halides is 2. The number of hydrogen-bond acceptors (Lipinski definition) is 2. The van der Waals surface area contributed by atoms with Crippen molar-refractivity contribution in [1.82, 2.24) is 5.32 Å². The molecule has 0 aromatic carbocycles. The van der Waals surface area contributed by atoms with Crippen LogP contribution >= 0.6 is 0 Å². The van der Waals surface area contributed by atoms with Gasteiger partial charge in [-0.1, -0.05) is 0 Å². The molecule has 1 unspecified atom stereocenters. The molecular weight excluding hydrogens is 253 g/mol. The van der Waals surface area contributed by atoms with Gasteiger partial charge in [0.05, 0.1) is 0 Å². The second kappa shape index (κ2) is 8.74. The molecule has 0 amide bonds. The summed E-state index contributed by atoms with van der Waals surface area (Å²) in [6.07, 6.45) is 2.98. The van der Waals surface area contributed by atoms with E-state index >= 15 is 0 Å². The maximum absolute atomic E-state index is 9.25. The van der Waals surface area contributed by atoms with Crippen LogP contribution in [-0.2, 0) is 0 Å². The molecule has 0 aliphatic rings. The van der Waals surface area contributed by atoms with Crippen molar-refractivity contribution in [3.05, 3.63) is 0 Å². The van der Waals surface area contributed by atoms with E-state index in [1.165, 1.54) is 10.8 Å². The van der Waals surface area contributed by atoms with Gasteiger partial charge in [-0.15, -0.1) is 0 Å². The van der Waals surface area contributed by atoms with Crippen LogP contribution in [-0.4, -0.2) is 20.3 Å². The molecule has 0 spiro atoms. The van der Waals surface area contributed by atoms with Gasteiger partial charge in [0, 0.05) is 0 Å². The Morgan fingerprint density at radius 3 is 2.64 bits per heavy atom. The molecule has 0 saturated heterocycles. The first-order valence-corrected chi connectivity index (χ1v) is 7.31. The van der Waals surface area contributed by atoms with Gasteiger partial charge < -0.3 is 0 Å². The Balaban J connectivity index is 2.97. The third-order valence-corrected chi connectivity index (χ3v) is 4.11. The Bertz CT molecular complexity index is 80.5. The van der Waals surface area contributed by atoms with E-state index in [4.69, 9.17) is 0 Å². The van der Waals surface area contributed by atoms with Crippen LogP contribution < -0.4 is 26.5 Å². The second-order valence-corrected chi connectivity index (χ2v) is 5.44. The molecule has 0 bridgehead atoms. The van der Waals surface area contributed by atoms with E-state index in [0.717, 1.165) is 17.4 Å². The minimum absolute atomic E-state index is 0.253. The van der Waals surface area contributed by atoms with Crippen molar-refractivity contribution < 1.29 is 26.3 Å². The van der Waals surface area contributed by atoms with Crippen molar-refractivity contribution in [1.29, 1.82) is 0 Å². The van der Waals surface area contributed by atoms with Crippen molar-refractivity contribution in [2.75, 3.05) is 8.98 Å². The zero-order valence-electron chi connectivity index (χ0n) is 7.44. The van der Waals surface area contributed by atoms with Gasteiger partial charge in [0.15, 0.2) is 0 Å². The molecule has 11 heavy (non-hydrogen) atoms. The molecule has 0 aliphatic heterocycles. The molecule has 2 nitrogen and oxygen atoms in total. The summed E-state index contributed by atoms with van der Waals surface area (Å²) in [6.45, 7) is 4.30. The van der Waals surface area contributed by atoms with E-state index in [2.05, 4.69) is 19.2 Å². The fourth-order valence-corrected chi connectivity index (χ4v) is 2.68. The SMILES string of the molecule is CCC[I-]CNC(O)CCC. The Hall–Kier alpha value is 0.650. The summed E-state index contributed by atoms with van der Waals surface area (Å²) in [4.78, 5) is 0. The number of aliphatic hydroxyl groups excluding tert-OH is 1. The molecule has 0 aliphatic carbocycles. The topological polar surface area (TPSA) is 32.3 Å². The van der Waals surface area contributed by atoms with Crippen molar-refractivity contribution in [2.24, 2.45) is 0 Å². The van der Waals surface area contributed by atoms with Crippen LogP contribution in [0.2, 0.25) is 0 Å². The fourth-order valence-electron chi connectivity index (χ4n) is 0.720. The first-order chi connectivity index (χ1) is 5.31. The molecule has 3 heteroatoms. The van der Waals surface area contributed by atoms with Gasteiger partial charge >= 0.3 is 79.9 Å². The van der Waals surface area contributed by atoms with Gasteiger partial charge in [0.2, 0.25) is 0 Å². The average Bonchev–Trinajstić information content (AvgIpc) is 1.99. The van der Waals surface area contributed by atoms with Gasteiger partial charge in [0.1, 0.15) is 0 Å². The van der Waals surface area contributed by atoms with E-state index in [9.17, 15) is 5.11 Å². The molecule has 2 N–H and O–H groups in total. The van der Waals surface area contributed by atoms with Gasteiger partial charge in [-0.2, -0.15) is 0 Å². The number of aliphatic hydroxyl groups is 1. The monoisotopic (exact) mass is 272 g/mol. The quantitative estimate of drug-likeness (QED) is 0.187. The molecule has 0 rings (SSSR count). The summed E-state index contributed by atoms with van der Waals surface area (Å²) in [7, 11) is 0. The number of rotatable bonds is 7. The standard InChI is InChI=1S/C8H19INO/c1-3-5-8(11)10-7-9-6-4-2/h8,10-11H,3-7H2,1-2H3/q-1. The fraction of sp³-hybridized carbons (Fsp3) is 1.00. The number of nitrogens with one attached hydrogen (secondary N) is 1. The normalized spacial score (nSPS) is 13.7. The third kappa shape index (κ3) is 8.56. The number of halogens is 1. The zero-order chi connectivity index (χ0) is 8.53. The van der Waals surface area contributed by atoms with Crippen LogP contribution in [0.15, 0.2) is 0 Å². The van der Waals surface area contributed by atoms with E-state index < -0.39 is 0 Å². The first kappa shape index (κ1) is 11.6. The summed E-state index contributed by atoms with van der Waals surface area (Å²) < 4.78 is 2.43. The molecule has 0 fully saturated rings. The van der Waals surface area contributed by atoms with Crippen molar-refractivity contribution in [2.45, 2.75) is 39.3 Å². The van der Waals surface area contributed by atoms with Crippen LogP contribution in [0.25, 0.3) is 0 Å². The first-order valence-electron chi connectivity index (χ1n) is 4.26. The van der Waals surface area contributed by atoms with Crippen molar-refractivity contribution >= 4 is 0 Å². The van der Waals surface area contributed by atoms with Crippen LogP contribution in [0.1, 0.15) is 33.1 Å². The van der Waals surface area contributed by atoms with E-state index in [1.54, 1.807) is 0 Å². The summed E-state index contributed by atoms with van der Waals surface area (Å²) in [5.74, 6) is 0.